The van der Waals surface area contributed by atoms with E-state index in [0.717, 1.165) is 28.0 Å². The maximum atomic E-state index is 12.8. The number of hydrogen-bond acceptors (Lipinski definition) is 13. The van der Waals surface area contributed by atoms with E-state index in [-0.39, 0.29) is 33.9 Å². The fraction of sp³-hybridized carbons (Fsp3) is 0.235. The SMILES string of the molecule is CO/N=C(\C(=O)N[C@@H]1C(=O)N2C(C(=O)O)=C(Sc3ccc(O)nn3)CS[C@H]12)c1csc(N)n1. The Morgan fingerprint density at radius 2 is 2.18 bits per heavy atom. The third kappa shape index (κ3) is 4.44. The van der Waals surface area contributed by atoms with E-state index in [2.05, 4.69) is 25.7 Å². The Kier molecular flexibility index (Phi) is 6.39. The number of nitrogens with zero attached hydrogens (tertiary/aromatic N) is 5. The number of aromatic nitrogens is 3. The number of rotatable bonds is 7. The number of amides is 2. The second kappa shape index (κ2) is 9.24. The van der Waals surface area contributed by atoms with Crippen molar-refractivity contribution in [2.24, 2.45) is 5.16 Å². The molecule has 0 saturated carbocycles. The minimum Gasteiger partial charge on any atom is -0.492 e. The Morgan fingerprint density at radius 3 is 2.79 bits per heavy atom. The fourth-order valence-electron chi connectivity index (χ4n) is 3.06. The van der Waals surface area contributed by atoms with E-state index in [9.17, 15) is 24.6 Å². The van der Waals surface area contributed by atoms with Gasteiger partial charge in [0.2, 0.25) is 5.88 Å². The van der Waals surface area contributed by atoms with Crippen LogP contribution in [0, 0.1) is 0 Å². The molecule has 0 aromatic carbocycles. The van der Waals surface area contributed by atoms with Crippen LogP contribution < -0.4 is 11.1 Å². The lowest BCUT2D eigenvalue weighted by Crippen LogP contribution is -2.71. The van der Waals surface area contributed by atoms with Gasteiger partial charge in [-0.2, -0.15) is 0 Å². The Balaban J connectivity index is 1.53. The van der Waals surface area contributed by atoms with Crippen LogP contribution in [0.15, 0.2) is 38.3 Å². The molecular weight excluding hydrogens is 494 g/mol. The van der Waals surface area contributed by atoms with Crippen LogP contribution in [0.3, 0.4) is 0 Å². The van der Waals surface area contributed by atoms with Gasteiger partial charge in [0.15, 0.2) is 10.8 Å². The second-order valence-corrected chi connectivity index (χ2v) is 9.57. The third-order valence-corrected chi connectivity index (χ3v) is 7.59. The van der Waals surface area contributed by atoms with Crippen molar-refractivity contribution < 1.29 is 29.4 Å². The number of nitrogen functional groups attached to an aromatic ring is 1. The zero-order chi connectivity index (χ0) is 23.7. The lowest BCUT2D eigenvalue weighted by molar-refractivity contribution is -0.150. The van der Waals surface area contributed by atoms with Gasteiger partial charge in [0, 0.05) is 22.1 Å². The van der Waals surface area contributed by atoms with Crippen molar-refractivity contribution in [2.45, 2.75) is 16.4 Å². The summed E-state index contributed by atoms with van der Waals surface area (Å²) in [4.78, 5) is 47.8. The molecule has 4 rings (SSSR count). The van der Waals surface area contributed by atoms with Gasteiger partial charge in [-0.25, -0.2) is 9.78 Å². The van der Waals surface area contributed by atoms with E-state index in [0.29, 0.717) is 9.93 Å². The molecule has 0 bridgehead atoms. The minimum absolute atomic E-state index is 0.159. The first-order valence-electron chi connectivity index (χ1n) is 9.05. The van der Waals surface area contributed by atoms with Gasteiger partial charge in [0.25, 0.3) is 11.8 Å². The zero-order valence-corrected chi connectivity index (χ0v) is 19.1. The van der Waals surface area contributed by atoms with Crippen LogP contribution >= 0.6 is 34.9 Å². The molecule has 172 valence electrons. The Bertz CT molecular complexity index is 1180. The number of carbonyl (C=O) groups excluding carboxylic acids is 2. The molecule has 33 heavy (non-hydrogen) atoms. The first kappa shape index (κ1) is 22.8. The van der Waals surface area contributed by atoms with Crippen molar-refractivity contribution in [2.75, 3.05) is 18.6 Å². The summed E-state index contributed by atoms with van der Waals surface area (Å²) in [6, 6.07) is 1.85. The minimum atomic E-state index is -1.28. The molecule has 2 amide bonds. The van der Waals surface area contributed by atoms with Crippen molar-refractivity contribution in [1.29, 1.82) is 0 Å². The summed E-state index contributed by atoms with van der Waals surface area (Å²) in [5, 5.41) is 34.1. The van der Waals surface area contributed by atoms with Crippen LogP contribution in [-0.2, 0) is 19.2 Å². The number of aliphatic carboxylic acids is 1. The number of carbonyl (C=O) groups is 3. The number of fused-ring (bicyclic) bond motifs is 1. The number of carboxylic acid groups (broad SMARTS) is 1. The topological polar surface area (TPSA) is 193 Å². The molecular formula is C17H15N7O6S3. The molecule has 1 fully saturated rings. The summed E-state index contributed by atoms with van der Waals surface area (Å²) in [6.45, 7) is 0. The molecule has 5 N–H and O–H groups in total. The van der Waals surface area contributed by atoms with Crippen LogP contribution in [0.4, 0.5) is 5.13 Å². The van der Waals surface area contributed by atoms with Gasteiger partial charge in [0.1, 0.15) is 34.9 Å². The number of oxime groups is 1. The van der Waals surface area contributed by atoms with Crippen molar-refractivity contribution in [3.05, 3.63) is 33.8 Å². The molecule has 1 saturated heterocycles. The third-order valence-electron chi connectivity index (χ3n) is 4.44. The summed E-state index contributed by atoms with van der Waals surface area (Å²) >= 11 is 3.44. The molecule has 0 aliphatic carbocycles. The van der Waals surface area contributed by atoms with Crippen LogP contribution in [-0.4, -0.2) is 78.1 Å². The molecule has 2 atom stereocenters. The van der Waals surface area contributed by atoms with Crippen molar-refractivity contribution in [1.82, 2.24) is 25.4 Å². The van der Waals surface area contributed by atoms with Gasteiger partial charge < -0.3 is 26.1 Å². The molecule has 2 aliphatic heterocycles. The van der Waals surface area contributed by atoms with E-state index in [1.54, 1.807) is 0 Å². The van der Waals surface area contributed by atoms with Crippen LogP contribution in [0.25, 0.3) is 0 Å². The predicted molar refractivity (Wildman–Crippen MR) is 119 cm³/mol. The molecule has 16 heteroatoms. The van der Waals surface area contributed by atoms with Gasteiger partial charge >= 0.3 is 5.97 Å². The average molecular weight is 510 g/mol. The number of carboxylic acids is 1. The molecule has 0 radical (unpaired) electrons. The Labute approximate surface area is 198 Å². The lowest BCUT2D eigenvalue weighted by atomic mass is 10.0. The van der Waals surface area contributed by atoms with Gasteiger partial charge in [-0.15, -0.1) is 33.3 Å². The van der Waals surface area contributed by atoms with E-state index < -0.39 is 29.2 Å². The second-order valence-electron chi connectivity index (χ2n) is 6.46. The summed E-state index contributed by atoms with van der Waals surface area (Å²) in [5.74, 6) is -2.58. The number of nitrogens with two attached hydrogens (primary N) is 1. The summed E-state index contributed by atoms with van der Waals surface area (Å²) in [5.41, 5.74) is 5.46. The summed E-state index contributed by atoms with van der Waals surface area (Å²) in [6.07, 6.45) is 0. The number of hydrogen-bond donors (Lipinski definition) is 4. The van der Waals surface area contributed by atoms with Gasteiger partial charge in [-0.3, -0.25) is 14.5 Å². The maximum absolute atomic E-state index is 12.8. The molecule has 2 aromatic heterocycles. The molecule has 0 spiro atoms. The van der Waals surface area contributed by atoms with Crippen molar-refractivity contribution >= 4 is 63.5 Å². The number of thioether (sulfide) groups is 2. The molecule has 2 aliphatic rings. The lowest BCUT2D eigenvalue weighted by Gasteiger charge is -2.49. The standard InChI is InChI=1S/C17H15N7O6S3/c1-30-23-10(6-4-32-17(18)19-6)13(26)20-11-14(27)24-12(16(28)29)7(5-31-15(11)24)33-9-3-2-8(25)21-22-9/h2-4,11,15H,5H2,1H3,(H2,18,19)(H,20,26)(H,21,25)(H,28,29)/b23-10-/t11-,15-/m1/s1. The smallest absolute Gasteiger partial charge is 0.353 e. The molecule has 2 aromatic rings. The number of β-lactam (4-membered cyclic amide) rings is 1. The quantitative estimate of drug-likeness (QED) is 0.223. The Morgan fingerprint density at radius 1 is 1.39 bits per heavy atom. The first-order valence-corrected chi connectivity index (χ1v) is 11.8. The highest BCUT2D eigenvalue weighted by Gasteiger charge is 2.54. The highest BCUT2D eigenvalue weighted by molar-refractivity contribution is 8.06. The largest absolute Gasteiger partial charge is 0.492 e. The highest BCUT2D eigenvalue weighted by atomic mass is 32.2. The van der Waals surface area contributed by atoms with Crippen LogP contribution in [0.1, 0.15) is 5.69 Å². The van der Waals surface area contributed by atoms with E-state index in [4.69, 9.17) is 10.6 Å². The number of aromatic hydroxyl groups is 1. The molecule has 4 heterocycles. The van der Waals surface area contributed by atoms with Crippen molar-refractivity contribution in [3.63, 3.8) is 0 Å². The highest BCUT2D eigenvalue weighted by Crippen LogP contribution is 2.44. The van der Waals surface area contributed by atoms with E-state index in [1.165, 1.54) is 36.4 Å². The van der Waals surface area contributed by atoms with Gasteiger partial charge in [-0.1, -0.05) is 16.9 Å². The normalized spacial score (nSPS) is 20.2. The van der Waals surface area contributed by atoms with Gasteiger partial charge in [-0.05, 0) is 6.07 Å². The first-order chi connectivity index (χ1) is 15.8. The van der Waals surface area contributed by atoms with E-state index in [1.807, 2.05) is 0 Å². The summed E-state index contributed by atoms with van der Waals surface area (Å²) < 4.78 is 0. The monoisotopic (exact) mass is 509 g/mol. The van der Waals surface area contributed by atoms with Gasteiger partial charge in [0.05, 0.1) is 0 Å². The van der Waals surface area contributed by atoms with Crippen LogP contribution in [0.5, 0.6) is 5.88 Å². The number of nitrogens with one attached hydrogen (secondary N) is 1. The number of thiazole rings is 1. The van der Waals surface area contributed by atoms with E-state index >= 15 is 0 Å². The molecule has 0 unspecified atom stereocenters. The number of anilines is 1. The summed E-state index contributed by atoms with van der Waals surface area (Å²) in [7, 11) is 1.26. The zero-order valence-electron chi connectivity index (χ0n) is 16.7. The Hall–Kier alpha value is -3.37. The van der Waals surface area contributed by atoms with Crippen LogP contribution in [0.2, 0.25) is 0 Å². The predicted octanol–water partition coefficient (Wildman–Crippen LogP) is 0.0598. The fourth-order valence-corrected chi connectivity index (χ4v) is 6.00. The molecule has 13 nitrogen and oxygen atoms in total. The van der Waals surface area contributed by atoms with Crippen molar-refractivity contribution in [3.8, 4) is 5.88 Å². The average Bonchev–Trinajstić information content (AvgIpc) is 3.22. The maximum Gasteiger partial charge on any atom is 0.353 e.